The van der Waals surface area contributed by atoms with Gasteiger partial charge in [0, 0.05) is 37.8 Å². The third kappa shape index (κ3) is 3.71. The fourth-order valence-corrected chi connectivity index (χ4v) is 3.50. The van der Waals surface area contributed by atoms with Crippen LogP contribution in [0.25, 0.3) is 22.0 Å². The van der Waals surface area contributed by atoms with Crippen LogP contribution in [0.2, 0.25) is 0 Å². The van der Waals surface area contributed by atoms with Crippen LogP contribution in [0.3, 0.4) is 0 Å². The molecule has 2 heterocycles. The van der Waals surface area contributed by atoms with Crippen molar-refractivity contribution in [2.75, 3.05) is 6.54 Å². The number of nitrogens with zero attached hydrogens (tertiary/aromatic N) is 2. The first-order valence-electron chi connectivity index (χ1n) is 9.52. The number of carbonyl (C=O) groups excluding carboxylic acids is 1. The first-order valence-corrected chi connectivity index (χ1v) is 9.52. The number of amides is 1. The normalized spacial score (nSPS) is 11.3. The van der Waals surface area contributed by atoms with Crippen molar-refractivity contribution in [3.63, 3.8) is 0 Å². The van der Waals surface area contributed by atoms with Gasteiger partial charge in [0.05, 0.1) is 5.52 Å². The van der Waals surface area contributed by atoms with Crippen molar-refractivity contribution in [2.24, 2.45) is 0 Å². The van der Waals surface area contributed by atoms with Gasteiger partial charge in [0.2, 0.25) is 5.91 Å². The lowest BCUT2D eigenvalue weighted by Crippen LogP contribution is -2.27. The highest BCUT2D eigenvalue weighted by molar-refractivity contribution is 5.80. The van der Waals surface area contributed by atoms with Gasteiger partial charge in [0.15, 0.2) is 5.58 Å². The van der Waals surface area contributed by atoms with Gasteiger partial charge in [-0.1, -0.05) is 24.3 Å². The fourth-order valence-electron chi connectivity index (χ4n) is 3.50. The van der Waals surface area contributed by atoms with Gasteiger partial charge >= 0.3 is 5.76 Å². The van der Waals surface area contributed by atoms with E-state index in [0.717, 1.165) is 24.0 Å². The Morgan fingerprint density at radius 3 is 2.82 bits per heavy atom. The van der Waals surface area contributed by atoms with E-state index in [1.165, 1.54) is 15.5 Å². The molecule has 6 nitrogen and oxygen atoms in total. The molecule has 2 aromatic heterocycles. The number of hydrogen-bond acceptors (Lipinski definition) is 3. The largest absolute Gasteiger partial charge is 0.419 e. The van der Waals surface area contributed by atoms with Gasteiger partial charge in [0.1, 0.15) is 0 Å². The van der Waals surface area contributed by atoms with E-state index in [2.05, 4.69) is 34.3 Å². The molecule has 0 aliphatic rings. The molecule has 28 heavy (non-hydrogen) atoms. The molecule has 0 aliphatic carbocycles. The topological polar surface area (TPSA) is 69.2 Å². The van der Waals surface area contributed by atoms with Gasteiger partial charge in [-0.25, -0.2) is 4.79 Å². The standard InChI is InChI=1S/C22H23N3O3/c1-16-7-8-20-19(15-16)25(22(27)28-20)14-10-21(26)23-11-4-12-24-13-9-17-5-2-3-6-18(17)24/h2-3,5-9,13,15H,4,10-12,14H2,1H3,(H,23,26). The van der Waals surface area contributed by atoms with Crippen molar-refractivity contribution in [2.45, 2.75) is 32.9 Å². The van der Waals surface area contributed by atoms with E-state index in [4.69, 9.17) is 4.42 Å². The number of fused-ring (bicyclic) bond motifs is 2. The zero-order valence-corrected chi connectivity index (χ0v) is 15.9. The maximum absolute atomic E-state index is 12.2. The maximum Gasteiger partial charge on any atom is 0.419 e. The van der Waals surface area contributed by atoms with E-state index in [1.54, 1.807) is 6.07 Å². The SMILES string of the molecule is Cc1ccc2oc(=O)n(CCC(=O)NCCCn3ccc4ccccc43)c2c1. The van der Waals surface area contributed by atoms with Gasteiger partial charge in [-0.15, -0.1) is 0 Å². The van der Waals surface area contributed by atoms with Crippen LogP contribution in [0, 0.1) is 6.92 Å². The number of nitrogens with one attached hydrogen (secondary N) is 1. The third-order valence-electron chi connectivity index (χ3n) is 4.96. The summed E-state index contributed by atoms with van der Waals surface area (Å²) in [6, 6.07) is 15.9. The number of hydrogen-bond donors (Lipinski definition) is 1. The summed E-state index contributed by atoms with van der Waals surface area (Å²) in [5.41, 5.74) is 3.53. The van der Waals surface area contributed by atoms with Crippen LogP contribution in [0.5, 0.6) is 0 Å². The van der Waals surface area contributed by atoms with Gasteiger partial charge in [0.25, 0.3) is 0 Å². The molecule has 0 radical (unpaired) electrons. The van der Waals surface area contributed by atoms with Crippen LogP contribution in [0.4, 0.5) is 0 Å². The molecular weight excluding hydrogens is 354 g/mol. The summed E-state index contributed by atoms with van der Waals surface area (Å²) in [6.45, 7) is 3.72. The summed E-state index contributed by atoms with van der Waals surface area (Å²) < 4.78 is 8.95. The van der Waals surface area contributed by atoms with Crippen LogP contribution in [0.15, 0.2) is 63.9 Å². The van der Waals surface area contributed by atoms with E-state index >= 15 is 0 Å². The van der Waals surface area contributed by atoms with Crippen LogP contribution in [-0.4, -0.2) is 21.6 Å². The molecule has 0 aliphatic heterocycles. The predicted octanol–water partition coefficient (Wildman–Crippen LogP) is 3.45. The zero-order valence-electron chi connectivity index (χ0n) is 15.9. The van der Waals surface area contributed by atoms with Crippen LogP contribution < -0.4 is 11.1 Å². The van der Waals surface area contributed by atoms with Crippen molar-refractivity contribution in [3.05, 3.63) is 70.8 Å². The van der Waals surface area contributed by atoms with Crippen molar-refractivity contribution in [1.29, 1.82) is 0 Å². The molecule has 0 bridgehead atoms. The molecular formula is C22H23N3O3. The van der Waals surface area contributed by atoms with Gasteiger partial charge < -0.3 is 14.3 Å². The Morgan fingerprint density at radius 2 is 1.93 bits per heavy atom. The number of carbonyl (C=O) groups is 1. The second kappa shape index (κ2) is 7.76. The number of para-hydroxylation sites is 1. The first-order chi connectivity index (χ1) is 13.6. The van der Waals surface area contributed by atoms with Gasteiger partial charge in [-0.2, -0.15) is 0 Å². The zero-order chi connectivity index (χ0) is 19.5. The smallest absolute Gasteiger partial charge is 0.408 e. The molecule has 0 unspecified atom stereocenters. The van der Waals surface area contributed by atoms with Crippen molar-refractivity contribution in [1.82, 2.24) is 14.5 Å². The highest BCUT2D eigenvalue weighted by Crippen LogP contribution is 2.16. The molecule has 2 aromatic carbocycles. The van der Waals surface area contributed by atoms with E-state index in [-0.39, 0.29) is 12.3 Å². The lowest BCUT2D eigenvalue weighted by molar-refractivity contribution is -0.121. The lowest BCUT2D eigenvalue weighted by atomic mass is 10.2. The second-order valence-corrected chi connectivity index (χ2v) is 7.01. The van der Waals surface area contributed by atoms with Gasteiger partial charge in [-0.3, -0.25) is 9.36 Å². The van der Waals surface area contributed by atoms with Crippen molar-refractivity contribution >= 4 is 27.9 Å². The molecule has 0 fully saturated rings. The van der Waals surface area contributed by atoms with E-state index in [1.807, 2.05) is 31.2 Å². The summed E-state index contributed by atoms with van der Waals surface area (Å²) in [4.78, 5) is 24.2. The lowest BCUT2D eigenvalue weighted by Gasteiger charge is -2.08. The highest BCUT2D eigenvalue weighted by Gasteiger charge is 2.11. The van der Waals surface area contributed by atoms with Crippen LogP contribution >= 0.6 is 0 Å². The molecule has 4 aromatic rings. The number of rotatable bonds is 7. The molecule has 144 valence electrons. The number of oxazole rings is 1. The molecule has 0 spiro atoms. The number of benzene rings is 2. The van der Waals surface area contributed by atoms with Gasteiger partial charge in [-0.05, 0) is 48.6 Å². The van der Waals surface area contributed by atoms with Crippen LogP contribution in [0.1, 0.15) is 18.4 Å². The predicted molar refractivity (Wildman–Crippen MR) is 109 cm³/mol. The van der Waals surface area contributed by atoms with E-state index in [0.29, 0.717) is 18.7 Å². The summed E-state index contributed by atoms with van der Waals surface area (Å²) in [6.07, 6.45) is 3.16. The maximum atomic E-state index is 12.2. The van der Waals surface area contributed by atoms with Crippen molar-refractivity contribution < 1.29 is 9.21 Å². The molecule has 6 heteroatoms. The summed E-state index contributed by atoms with van der Waals surface area (Å²) in [5, 5.41) is 4.16. The molecule has 1 N–H and O–H groups in total. The Bertz CT molecular complexity index is 1180. The Balaban J connectivity index is 1.28. The molecule has 0 atom stereocenters. The van der Waals surface area contributed by atoms with Crippen LogP contribution in [-0.2, 0) is 17.9 Å². The Labute approximate surface area is 162 Å². The van der Waals surface area contributed by atoms with E-state index in [9.17, 15) is 9.59 Å². The highest BCUT2D eigenvalue weighted by atomic mass is 16.4. The average molecular weight is 377 g/mol. The molecule has 1 amide bonds. The minimum atomic E-state index is -0.423. The summed E-state index contributed by atoms with van der Waals surface area (Å²) in [7, 11) is 0. The molecule has 4 rings (SSSR count). The minimum Gasteiger partial charge on any atom is -0.408 e. The minimum absolute atomic E-state index is 0.0636. The quantitative estimate of drug-likeness (QED) is 0.502. The second-order valence-electron chi connectivity index (χ2n) is 7.01. The monoisotopic (exact) mass is 377 g/mol. The molecule has 0 saturated carbocycles. The molecule has 0 saturated heterocycles. The first kappa shape index (κ1) is 18.1. The Hall–Kier alpha value is -3.28. The summed E-state index contributed by atoms with van der Waals surface area (Å²) >= 11 is 0. The third-order valence-corrected chi connectivity index (χ3v) is 4.96. The number of aromatic nitrogens is 2. The van der Waals surface area contributed by atoms with Crippen molar-refractivity contribution in [3.8, 4) is 0 Å². The van der Waals surface area contributed by atoms with E-state index < -0.39 is 5.76 Å². The number of aryl methyl sites for hydroxylation is 3. The fraction of sp³-hybridized carbons (Fsp3) is 0.273. The Morgan fingerprint density at radius 1 is 1.07 bits per heavy atom. The summed E-state index contributed by atoms with van der Waals surface area (Å²) in [5.74, 6) is -0.487. The Kier molecular flexibility index (Phi) is 5.02. The average Bonchev–Trinajstić information content (AvgIpc) is 3.24.